The Morgan fingerprint density at radius 1 is 1.11 bits per heavy atom. The number of carbonyl (C=O) groups is 2. The number of hydrogen-bond donors (Lipinski definition) is 0. The van der Waals surface area contributed by atoms with E-state index in [2.05, 4.69) is 4.98 Å². The average Bonchev–Trinajstić information content (AvgIpc) is 3.52. The second-order valence-electron chi connectivity index (χ2n) is 8.85. The summed E-state index contributed by atoms with van der Waals surface area (Å²) >= 11 is 1.57. The zero-order valence-corrected chi connectivity index (χ0v) is 21.7. The minimum absolute atomic E-state index is 0.0212. The van der Waals surface area contributed by atoms with Gasteiger partial charge in [-0.15, -0.1) is 11.3 Å². The smallest absolute Gasteiger partial charge is 0.332 e. The van der Waals surface area contributed by atoms with Crippen LogP contribution in [0.25, 0.3) is 5.65 Å². The lowest BCUT2D eigenvalue weighted by Crippen LogP contribution is -2.36. The van der Waals surface area contributed by atoms with Gasteiger partial charge in [0.05, 0.1) is 18.3 Å². The Hall–Kier alpha value is -3.46. The molecule has 0 radical (unpaired) electrons. The molecule has 1 amide bonds. The number of carbonyl (C=O) groups excluding carboxylic acids is 2. The minimum atomic E-state index is -4.23. The normalized spacial score (nSPS) is 13.2. The molecule has 0 bridgehead atoms. The van der Waals surface area contributed by atoms with Crippen molar-refractivity contribution in [2.75, 3.05) is 6.54 Å². The third-order valence-electron chi connectivity index (χ3n) is 6.52. The predicted octanol–water partition coefficient (Wildman–Crippen LogP) is 6.63. The standard InChI is InChI=1S/C17H15N3O2S.C11H13F3/c1-11(21)13-10-23-15-9-19(7-5-12(13)15)17(22)14-8-18-16-4-2-3-6-20(14)16;1-3-8-5-6-9(4-2)10(7-8)11(12,13)14/h2-4,6,8,10H,5,7,9H2,1H3;5-7H,3-4H2,1-2H3. The van der Waals surface area contributed by atoms with Crippen LogP contribution < -0.4 is 0 Å². The van der Waals surface area contributed by atoms with E-state index in [1.165, 1.54) is 6.07 Å². The van der Waals surface area contributed by atoms with Crippen LogP contribution in [0, 0.1) is 0 Å². The summed E-state index contributed by atoms with van der Waals surface area (Å²) in [6.07, 6.45) is 1.03. The molecule has 0 unspecified atom stereocenters. The highest BCUT2D eigenvalue weighted by Gasteiger charge is 2.33. The van der Waals surface area contributed by atoms with Crippen molar-refractivity contribution in [1.29, 1.82) is 0 Å². The van der Waals surface area contributed by atoms with Crippen molar-refractivity contribution in [2.45, 2.75) is 52.8 Å². The summed E-state index contributed by atoms with van der Waals surface area (Å²) in [5.74, 6) is 0.0798. The van der Waals surface area contributed by atoms with E-state index in [0.29, 0.717) is 37.2 Å². The third kappa shape index (κ3) is 5.61. The van der Waals surface area contributed by atoms with Crippen molar-refractivity contribution < 1.29 is 22.8 Å². The highest BCUT2D eigenvalue weighted by atomic mass is 32.1. The molecule has 0 saturated heterocycles. The van der Waals surface area contributed by atoms with Gasteiger partial charge in [0.1, 0.15) is 11.3 Å². The molecule has 0 spiro atoms. The van der Waals surface area contributed by atoms with Crippen molar-refractivity contribution >= 4 is 28.7 Å². The second kappa shape index (κ2) is 10.9. The van der Waals surface area contributed by atoms with E-state index in [-0.39, 0.29) is 11.7 Å². The highest BCUT2D eigenvalue weighted by Crippen LogP contribution is 2.33. The van der Waals surface area contributed by atoms with Gasteiger partial charge in [-0.3, -0.25) is 14.0 Å². The fourth-order valence-corrected chi connectivity index (χ4v) is 5.62. The van der Waals surface area contributed by atoms with Gasteiger partial charge >= 0.3 is 6.18 Å². The maximum atomic E-state index is 12.8. The fourth-order valence-electron chi connectivity index (χ4n) is 4.47. The van der Waals surface area contributed by atoms with Gasteiger partial charge in [-0.25, -0.2) is 4.98 Å². The van der Waals surface area contributed by atoms with Gasteiger partial charge in [0.25, 0.3) is 5.91 Å². The number of Topliss-reactive ketones (excluding diaryl/α,β-unsaturated/α-hetero) is 1. The van der Waals surface area contributed by atoms with Crippen LogP contribution in [0.4, 0.5) is 13.2 Å². The molecule has 5 nitrogen and oxygen atoms in total. The van der Waals surface area contributed by atoms with Crippen molar-refractivity contribution in [3.63, 3.8) is 0 Å². The Morgan fingerprint density at radius 2 is 1.89 bits per heavy atom. The molecule has 1 aliphatic heterocycles. The van der Waals surface area contributed by atoms with Crippen LogP contribution >= 0.6 is 11.3 Å². The molecular formula is C28H28F3N3O2S. The predicted molar refractivity (Wildman–Crippen MR) is 138 cm³/mol. The molecule has 9 heteroatoms. The molecule has 0 N–H and O–H groups in total. The van der Waals surface area contributed by atoms with Gasteiger partial charge in [-0.05, 0) is 61.1 Å². The lowest BCUT2D eigenvalue weighted by atomic mass is 10.0. The quantitative estimate of drug-likeness (QED) is 0.280. The van der Waals surface area contributed by atoms with Crippen molar-refractivity contribution in [3.05, 3.63) is 92.6 Å². The number of hydrogen-bond acceptors (Lipinski definition) is 4. The van der Waals surface area contributed by atoms with E-state index in [4.69, 9.17) is 0 Å². The van der Waals surface area contributed by atoms with Crippen LogP contribution in [-0.2, 0) is 32.0 Å². The van der Waals surface area contributed by atoms with Crippen LogP contribution in [0.2, 0.25) is 0 Å². The first-order chi connectivity index (χ1) is 17.6. The van der Waals surface area contributed by atoms with Crippen molar-refractivity contribution in [1.82, 2.24) is 14.3 Å². The van der Waals surface area contributed by atoms with E-state index in [1.807, 2.05) is 46.0 Å². The summed E-state index contributed by atoms with van der Waals surface area (Å²) in [7, 11) is 0. The molecule has 0 fully saturated rings. The zero-order chi connectivity index (χ0) is 26.7. The number of thiophene rings is 1. The number of imidazole rings is 1. The number of rotatable bonds is 4. The average molecular weight is 528 g/mol. The first kappa shape index (κ1) is 26.6. The molecule has 0 atom stereocenters. The summed E-state index contributed by atoms with van der Waals surface area (Å²) < 4.78 is 39.5. The van der Waals surface area contributed by atoms with Crippen LogP contribution in [0.15, 0.2) is 54.2 Å². The molecule has 3 aromatic heterocycles. The number of benzene rings is 1. The largest absolute Gasteiger partial charge is 0.416 e. The lowest BCUT2D eigenvalue weighted by molar-refractivity contribution is -0.138. The third-order valence-corrected chi connectivity index (χ3v) is 7.53. The molecule has 4 heterocycles. The number of ketones is 1. The first-order valence-electron chi connectivity index (χ1n) is 12.1. The second-order valence-corrected chi connectivity index (χ2v) is 9.82. The van der Waals surface area contributed by atoms with Crippen LogP contribution in [0.3, 0.4) is 0 Å². The van der Waals surface area contributed by atoms with Crippen LogP contribution in [0.5, 0.6) is 0 Å². The number of nitrogens with zero attached hydrogens (tertiary/aromatic N) is 3. The molecule has 5 rings (SSSR count). The Labute approximate surface area is 217 Å². The maximum absolute atomic E-state index is 12.8. The molecule has 1 aromatic carbocycles. The van der Waals surface area contributed by atoms with E-state index in [9.17, 15) is 22.8 Å². The molecular weight excluding hydrogens is 499 g/mol. The first-order valence-corrected chi connectivity index (χ1v) is 13.0. The SMILES string of the molecule is CC(=O)c1csc2c1CCN(C(=O)c1cnc3ccccn13)C2.CCc1ccc(CC)c(C(F)(F)F)c1. The van der Waals surface area contributed by atoms with Gasteiger partial charge in [0.2, 0.25) is 0 Å². The maximum Gasteiger partial charge on any atom is 0.416 e. The Balaban J connectivity index is 0.000000197. The number of amides is 1. The van der Waals surface area contributed by atoms with Gasteiger partial charge in [0.15, 0.2) is 5.78 Å². The summed E-state index contributed by atoms with van der Waals surface area (Å²) in [4.78, 5) is 31.7. The molecule has 37 heavy (non-hydrogen) atoms. The van der Waals surface area contributed by atoms with Crippen LogP contribution in [0.1, 0.15) is 68.7 Å². The van der Waals surface area contributed by atoms with Gasteiger partial charge in [-0.2, -0.15) is 13.2 Å². The molecule has 0 saturated carbocycles. The monoisotopic (exact) mass is 527 g/mol. The topological polar surface area (TPSA) is 54.7 Å². The van der Waals surface area contributed by atoms with Gasteiger partial charge < -0.3 is 4.90 Å². The fraction of sp³-hybridized carbons (Fsp3) is 0.321. The molecule has 4 aromatic rings. The Morgan fingerprint density at radius 3 is 2.57 bits per heavy atom. The van der Waals surface area contributed by atoms with E-state index < -0.39 is 11.7 Å². The van der Waals surface area contributed by atoms with Gasteiger partial charge in [-0.1, -0.05) is 32.0 Å². The summed E-state index contributed by atoms with van der Waals surface area (Å²) in [6, 6.07) is 10.2. The molecule has 1 aliphatic rings. The zero-order valence-electron chi connectivity index (χ0n) is 20.9. The summed E-state index contributed by atoms with van der Waals surface area (Å²) in [5.41, 5.74) is 3.89. The number of aryl methyl sites for hydroxylation is 2. The Kier molecular flexibility index (Phi) is 7.82. The summed E-state index contributed by atoms with van der Waals surface area (Å²) in [6.45, 7) is 6.37. The van der Waals surface area contributed by atoms with E-state index in [1.54, 1.807) is 43.5 Å². The number of pyridine rings is 1. The molecule has 194 valence electrons. The highest BCUT2D eigenvalue weighted by molar-refractivity contribution is 7.10. The van der Waals surface area contributed by atoms with E-state index in [0.717, 1.165) is 33.6 Å². The van der Waals surface area contributed by atoms with Gasteiger partial charge in [0, 0.05) is 28.6 Å². The number of aromatic nitrogens is 2. The number of fused-ring (bicyclic) bond motifs is 2. The Bertz CT molecular complexity index is 1440. The number of alkyl halides is 3. The van der Waals surface area contributed by atoms with Crippen molar-refractivity contribution in [3.8, 4) is 0 Å². The lowest BCUT2D eigenvalue weighted by Gasteiger charge is -2.27. The number of halogens is 3. The van der Waals surface area contributed by atoms with Crippen molar-refractivity contribution in [2.24, 2.45) is 0 Å². The van der Waals surface area contributed by atoms with Crippen LogP contribution in [-0.4, -0.2) is 32.5 Å². The minimum Gasteiger partial charge on any atom is -0.332 e. The molecule has 0 aliphatic carbocycles. The van der Waals surface area contributed by atoms with E-state index >= 15 is 0 Å². The summed E-state index contributed by atoms with van der Waals surface area (Å²) in [5, 5.41) is 1.91.